The van der Waals surface area contributed by atoms with Gasteiger partial charge in [-0.3, -0.25) is 4.79 Å². The minimum atomic E-state index is -3.73. The van der Waals surface area contributed by atoms with E-state index in [2.05, 4.69) is 4.72 Å². The molecule has 0 aliphatic rings. The minimum absolute atomic E-state index is 0.0433. The van der Waals surface area contributed by atoms with Crippen LogP contribution in [0, 0.1) is 20.8 Å². The van der Waals surface area contributed by atoms with Crippen molar-refractivity contribution in [2.24, 2.45) is 5.73 Å². The number of aryl methyl sites for hydroxylation is 3. The highest BCUT2D eigenvalue weighted by Crippen LogP contribution is 2.24. The van der Waals surface area contributed by atoms with E-state index in [1.807, 2.05) is 26.0 Å². The van der Waals surface area contributed by atoms with Gasteiger partial charge in [-0.1, -0.05) is 36.2 Å². The van der Waals surface area contributed by atoms with E-state index in [4.69, 9.17) is 22.1 Å². The molecule has 3 N–H and O–H groups in total. The Bertz CT molecular complexity index is 967. The molecule has 0 bridgehead atoms. The Morgan fingerprint density at radius 1 is 1.18 bits per heavy atom. The van der Waals surface area contributed by atoms with Crippen molar-refractivity contribution < 1.29 is 17.9 Å². The second kappa shape index (κ2) is 8.94. The lowest BCUT2D eigenvalue weighted by atomic mass is 10.1. The Hall–Kier alpha value is -2.09. The summed E-state index contributed by atoms with van der Waals surface area (Å²) in [5.41, 5.74) is 7.89. The maximum atomic E-state index is 12.9. The molecule has 1 unspecified atom stereocenters. The molecule has 2 aromatic rings. The maximum absolute atomic E-state index is 12.9. The lowest BCUT2D eigenvalue weighted by Crippen LogP contribution is -2.39. The fraction of sp³-hybridized carbons (Fsp3) is 0.350. The number of sulfonamides is 1. The number of hydrogen-bond acceptors (Lipinski definition) is 4. The summed E-state index contributed by atoms with van der Waals surface area (Å²) in [6, 6.07) is 7.73. The van der Waals surface area contributed by atoms with Crippen LogP contribution in [0.4, 0.5) is 0 Å². The van der Waals surface area contributed by atoms with E-state index in [1.54, 1.807) is 19.9 Å². The third-order valence-corrected chi connectivity index (χ3v) is 6.40. The van der Waals surface area contributed by atoms with Crippen LogP contribution < -0.4 is 15.2 Å². The number of carbonyl (C=O) groups excluding carboxylic acids is 1. The summed E-state index contributed by atoms with van der Waals surface area (Å²) in [6.07, 6.45) is 0.503. The molecule has 0 heterocycles. The van der Waals surface area contributed by atoms with Gasteiger partial charge in [0.05, 0.1) is 16.5 Å². The van der Waals surface area contributed by atoms with Crippen molar-refractivity contribution in [3.8, 4) is 5.75 Å². The SMILES string of the molecule is CCC(COc1ccc(Cl)cc1C(N)=O)NS(=O)(=O)c1c(C)cc(C)cc1C. The van der Waals surface area contributed by atoms with E-state index in [9.17, 15) is 13.2 Å². The number of primary amides is 1. The average Bonchev–Trinajstić information content (AvgIpc) is 2.57. The number of benzene rings is 2. The van der Waals surface area contributed by atoms with Gasteiger partial charge in [-0.05, 0) is 56.5 Å². The Kier molecular flexibility index (Phi) is 7.09. The van der Waals surface area contributed by atoms with Crippen molar-refractivity contribution in [3.63, 3.8) is 0 Å². The number of hydrogen-bond donors (Lipinski definition) is 2. The van der Waals surface area contributed by atoms with E-state index in [1.165, 1.54) is 12.1 Å². The molecule has 0 spiro atoms. The maximum Gasteiger partial charge on any atom is 0.252 e. The van der Waals surface area contributed by atoms with Crippen LogP contribution in [0.2, 0.25) is 5.02 Å². The summed E-state index contributed by atoms with van der Waals surface area (Å²) in [6.45, 7) is 7.37. The van der Waals surface area contributed by atoms with Crippen LogP contribution in [0.25, 0.3) is 0 Å². The molecule has 0 saturated heterocycles. The molecule has 0 saturated carbocycles. The van der Waals surface area contributed by atoms with Crippen LogP contribution in [0.5, 0.6) is 5.75 Å². The van der Waals surface area contributed by atoms with Crippen LogP contribution in [-0.2, 0) is 10.0 Å². The van der Waals surface area contributed by atoms with Gasteiger partial charge in [-0.2, -0.15) is 0 Å². The van der Waals surface area contributed by atoms with Gasteiger partial charge in [0.25, 0.3) is 5.91 Å². The van der Waals surface area contributed by atoms with Gasteiger partial charge in [0, 0.05) is 5.02 Å². The number of ether oxygens (including phenoxy) is 1. The van der Waals surface area contributed by atoms with Crippen LogP contribution in [0.1, 0.15) is 40.4 Å². The van der Waals surface area contributed by atoms with Gasteiger partial charge < -0.3 is 10.5 Å². The zero-order valence-electron chi connectivity index (χ0n) is 16.4. The molecule has 0 radical (unpaired) electrons. The first-order chi connectivity index (χ1) is 13.0. The Balaban J connectivity index is 2.21. The second-order valence-electron chi connectivity index (χ2n) is 6.77. The van der Waals surface area contributed by atoms with Crippen molar-refractivity contribution in [2.75, 3.05) is 6.61 Å². The third kappa shape index (κ3) is 5.25. The standard InChI is InChI=1S/C20H25ClN2O4S/c1-5-16(11-27-18-7-6-15(21)10-17(18)20(22)24)23-28(25,26)19-13(3)8-12(2)9-14(19)4/h6-10,16,23H,5,11H2,1-4H3,(H2,22,24). The topological polar surface area (TPSA) is 98.5 Å². The number of halogens is 1. The van der Waals surface area contributed by atoms with E-state index in [-0.39, 0.29) is 22.8 Å². The van der Waals surface area contributed by atoms with Crippen LogP contribution >= 0.6 is 11.6 Å². The monoisotopic (exact) mass is 424 g/mol. The molecule has 1 amide bonds. The third-order valence-electron chi connectivity index (χ3n) is 4.34. The average molecular weight is 425 g/mol. The van der Waals surface area contributed by atoms with Crippen LogP contribution in [-0.4, -0.2) is 27.0 Å². The molecule has 2 rings (SSSR count). The van der Waals surface area contributed by atoms with Gasteiger partial charge in [-0.15, -0.1) is 0 Å². The van der Waals surface area contributed by atoms with Crippen LogP contribution in [0.3, 0.4) is 0 Å². The smallest absolute Gasteiger partial charge is 0.252 e. The molecular formula is C20H25ClN2O4S. The number of carbonyl (C=O) groups is 1. The largest absolute Gasteiger partial charge is 0.491 e. The summed E-state index contributed by atoms with van der Waals surface area (Å²) < 4.78 is 34.2. The van der Waals surface area contributed by atoms with Crippen molar-refractivity contribution in [3.05, 3.63) is 57.6 Å². The zero-order chi connectivity index (χ0) is 21.1. The first-order valence-electron chi connectivity index (χ1n) is 8.87. The Morgan fingerprint density at radius 2 is 1.79 bits per heavy atom. The number of nitrogens with one attached hydrogen (secondary N) is 1. The molecule has 152 valence electrons. The lowest BCUT2D eigenvalue weighted by Gasteiger charge is -2.20. The van der Waals surface area contributed by atoms with Gasteiger partial charge in [0.1, 0.15) is 12.4 Å². The molecular weight excluding hydrogens is 400 g/mol. The van der Waals surface area contributed by atoms with E-state index < -0.39 is 22.0 Å². The molecule has 0 aliphatic heterocycles. The van der Waals surface area contributed by atoms with E-state index in [0.717, 1.165) is 5.56 Å². The number of nitrogens with two attached hydrogens (primary N) is 1. The molecule has 0 fully saturated rings. The number of rotatable bonds is 8. The van der Waals surface area contributed by atoms with Gasteiger partial charge in [0.15, 0.2) is 0 Å². The lowest BCUT2D eigenvalue weighted by molar-refractivity contribution is 0.0995. The van der Waals surface area contributed by atoms with Crippen molar-refractivity contribution in [1.82, 2.24) is 4.72 Å². The summed E-state index contributed by atoms with van der Waals surface area (Å²) in [4.78, 5) is 11.9. The first-order valence-corrected chi connectivity index (χ1v) is 10.7. The molecule has 0 aromatic heterocycles. The van der Waals surface area contributed by atoms with Crippen molar-refractivity contribution in [1.29, 1.82) is 0 Å². The van der Waals surface area contributed by atoms with Crippen molar-refractivity contribution in [2.45, 2.75) is 45.1 Å². The summed E-state index contributed by atoms with van der Waals surface area (Å²) >= 11 is 5.89. The first kappa shape index (κ1) is 22.2. The number of amides is 1. The quantitative estimate of drug-likeness (QED) is 0.677. The minimum Gasteiger partial charge on any atom is -0.491 e. The van der Waals surface area contributed by atoms with Crippen LogP contribution in [0.15, 0.2) is 35.2 Å². The molecule has 1 atom stereocenters. The molecule has 2 aromatic carbocycles. The fourth-order valence-corrected chi connectivity index (χ4v) is 5.04. The molecule has 28 heavy (non-hydrogen) atoms. The summed E-state index contributed by atoms with van der Waals surface area (Å²) in [5.74, 6) is -0.408. The molecule has 8 heteroatoms. The summed E-state index contributed by atoms with van der Waals surface area (Å²) in [7, 11) is -3.73. The Morgan fingerprint density at radius 3 is 2.32 bits per heavy atom. The highest BCUT2D eigenvalue weighted by Gasteiger charge is 2.24. The molecule has 0 aliphatic carbocycles. The zero-order valence-corrected chi connectivity index (χ0v) is 17.9. The predicted molar refractivity (Wildman–Crippen MR) is 111 cm³/mol. The van der Waals surface area contributed by atoms with Gasteiger partial charge in [0.2, 0.25) is 10.0 Å². The van der Waals surface area contributed by atoms with Gasteiger partial charge >= 0.3 is 0 Å². The summed E-state index contributed by atoms with van der Waals surface area (Å²) in [5, 5.41) is 0.360. The highest BCUT2D eigenvalue weighted by atomic mass is 35.5. The van der Waals surface area contributed by atoms with E-state index in [0.29, 0.717) is 22.6 Å². The normalized spacial score (nSPS) is 12.6. The fourth-order valence-electron chi connectivity index (χ4n) is 3.12. The Labute approximate surface area is 171 Å². The van der Waals surface area contributed by atoms with Gasteiger partial charge in [-0.25, -0.2) is 13.1 Å². The van der Waals surface area contributed by atoms with E-state index >= 15 is 0 Å². The second-order valence-corrected chi connectivity index (χ2v) is 8.86. The predicted octanol–water partition coefficient (Wildman–Crippen LogP) is 3.50. The highest BCUT2D eigenvalue weighted by molar-refractivity contribution is 7.89. The molecule has 6 nitrogen and oxygen atoms in total. The van der Waals surface area contributed by atoms with Crippen molar-refractivity contribution >= 4 is 27.5 Å².